The standard InChI is InChI=1S/C20H18F4N2O3/c21-14-5-1-12(2-6-14)16(23)10-25-18(27)9-19(28)26(20(25)29)11-17(24)13-3-7-15(22)8-4-13/h1-8,16-18,27H,9-11H2/t16-,17-,18?/m1/s1. The van der Waals surface area contributed by atoms with Crippen LogP contribution in [0.4, 0.5) is 22.4 Å². The van der Waals surface area contributed by atoms with E-state index < -0.39 is 61.7 Å². The van der Waals surface area contributed by atoms with Crippen LogP contribution >= 0.6 is 0 Å². The van der Waals surface area contributed by atoms with E-state index in [-0.39, 0.29) is 11.1 Å². The van der Waals surface area contributed by atoms with Crippen molar-refractivity contribution in [2.24, 2.45) is 0 Å². The highest BCUT2D eigenvalue weighted by atomic mass is 19.1. The molecule has 1 aliphatic heterocycles. The summed E-state index contributed by atoms with van der Waals surface area (Å²) in [5, 5.41) is 10.0. The monoisotopic (exact) mass is 410 g/mol. The number of aliphatic hydroxyl groups is 1. The summed E-state index contributed by atoms with van der Waals surface area (Å²) >= 11 is 0. The first-order valence-electron chi connectivity index (χ1n) is 8.84. The van der Waals surface area contributed by atoms with Crippen LogP contribution < -0.4 is 0 Å². The van der Waals surface area contributed by atoms with Gasteiger partial charge in [-0.2, -0.15) is 0 Å². The molecule has 154 valence electrons. The molecule has 0 spiro atoms. The highest BCUT2D eigenvalue weighted by molar-refractivity contribution is 5.97. The molecule has 0 aliphatic carbocycles. The van der Waals surface area contributed by atoms with E-state index in [4.69, 9.17) is 0 Å². The van der Waals surface area contributed by atoms with Gasteiger partial charge in [-0.05, 0) is 35.4 Å². The highest BCUT2D eigenvalue weighted by Gasteiger charge is 2.40. The van der Waals surface area contributed by atoms with Crippen molar-refractivity contribution in [3.63, 3.8) is 0 Å². The molecule has 3 amide bonds. The molecule has 1 N–H and O–H groups in total. The van der Waals surface area contributed by atoms with Crippen LogP contribution in [0, 0.1) is 11.6 Å². The number of carbonyl (C=O) groups excluding carboxylic acids is 2. The number of hydrogen-bond acceptors (Lipinski definition) is 3. The van der Waals surface area contributed by atoms with E-state index in [2.05, 4.69) is 0 Å². The molecule has 1 unspecified atom stereocenters. The van der Waals surface area contributed by atoms with Crippen molar-refractivity contribution in [1.82, 2.24) is 9.80 Å². The van der Waals surface area contributed by atoms with E-state index in [9.17, 15) is 32.3 Å². The summed E-state index contributed by atoms with van der Waals surface area (Å²) in [5.74, 6) is -1.92. The summed E-state index contributed by atoms with van der Waals surface area (Å²) in [4.78, 5) is 26.1. The summed E-state index contributed by atoms with van der Waals surface area (Å²) in [6.45, 7) is -1.25. The van der Waals surface area contributed by atoms with Gasteiger partial charge in [-0.25, -0.2) is 22.4 Å². The van der Waals surface area contributed by atoms with Crippen LogP contribution in [0.1, 0.15) is 29.9 Å². The van der Waals surface area contributed by atoms with Gasteiger partial charge >= 0.3 is 6.03 Å². The summed E-state index contributed by atoms with van der Waals surface area (Å²) < 4.78 is 55.0. The van der Waals surface area contributed by atoms with Gasteiger partial charge in [-0.3, -0.25) is 14.6 Å². The van der Waals surface area contributed by atoms with Crippen LogP contribution in [0.2, 0.25) is 0 Å². The largest absolute Gasteiger partial charge is 0.373 e. The van der Waals surface area contributed by atoms with E-state index in [1.165, 1.54) is 24.3 Å². The second-order valence-electron chi connectivity index (χ2n) is 6.66. The molecule has 0 bridgehead atoms. The van der Waals surface area contributed by atoms with Gasteiger partial charge in [-0.15, -0.1) is 0 Å². The third-order valence-electron chi connectivity index (χ3n) is 4.66. The summed E-state index contributed by atoms with van der Waals surface area (Å²) in [7, 11) is 0. The Bertz CT molecular complexity index is 876. The van der Waals surface area contributed by atoms with Crippen molar-refractivity contribution in [1.29, 1.82) is 0 Å². The van der Waals surface area contributed by atoms with Gasteiger partial charge in [0.2, 0.25) is 5.91 Å². The quantitative estimate of drug-likeness (QED) is 0.740. The fourth-order valence-electron chi connectivity index (χ4n) is 3.03. The maximum absolute atomic E-state index is 14.5. The normalized spacial score (nSPS) is 19.4. The molecule has 3 rings (SSSR count). The Balaban J connectivity index is 1.72. The molecule has 1 fully saturated rings. The molecule has 2 aromatic carbocycles. The van der Waals surface area contributed by atoms with Gasteiger partial charge in [0.25, 0.3) is 0 Å². The van der Waals surface area contributed by atoms with Crippen LogP contribution in [-0.2, 0) is 4.79 Å². The van der Waals surface area contributed by atoms with Crippen molar-refractivity contribution >= 4 is 11.9 Å². The minimum Gasteiger partial charge on any atom is -0.373 e. The Morgan fingerprint density at radius 2 is 1.31 bits per heavy atom. The molecule has 0 saturated carbocycles. The molecule has 5 nitrogen and oxygen atoms in total. The zero-order valence-corrected chi connectivity index (χ0v) is 15.1. The molecule has 1 heterocycles. The number of amides is 3. The number of carbonyl (C=O) groups is 2. The number of aliphatic hydroxyl groups excluding tert-OH is 1. The summed E-state index contributed by atoms with van der Waals surface area (Å²) in [6, 6.07) is 7.97. The van der Waals surface area contributed by atoms with Crippen molar-refractivity contribution in [3.05, 3.63) is 71.3 Å². The predicted molar refractivity (Wildman–Crippen MR) is 94.9 cm³/mol. The fraction of sp³-hybridized carbons (Fsp3) is 0.300. The number of hydrogen-bond donors (Lipinski definition) is 1. The molecule has 3 atom stereocenters. The lowest BCUT2D eigenvalue weighted by atomic mass is 10.1. The fourth-order valence-corrected chi connectivity index (χ4v) is 3.03. The number of benzene rings is 2. The first kappa shape index (κ1) is 20.8. The van der Waals surface area contributed by atoms with E-state index in [1.807, 2.05) is 0 Å². The third kappa shape index (κ3) is 4.73. The number of nitrogens with zero attached hydrogens (tertiary/aromatic N) is 2. The van der Waals surface area contributed by atoms with Crippen molar-refractivity contribution in [2.75, 3.05) is 13.1 Å². The molecule has 2 aromatic rings. The topological polar surface area (TPSA) is 60.9 Å². The van der Waals surface area contributed by atoms with Gasteiger partial charge in [-0.1, -0.05) is 24.3 Å². The van der Waals surface area contributed by atoms with Crippen LogP contribution in [0.15, 0.2) is 48.5 Å². The van der Waals surface area contributed by atoms with E-state index in [0.717, 1.165) is 29.2 Å². The molecule has 29 heavy (non-hydrogen) atoms. The Hall–Kier alpha value is -2.94. The number of imide groups is 1. The predicted octanol–water partition coefficient (Wildman–Crippen LogP) is 3.66. The number of alkyl halides is 2. The van der Waals surface area contributed by atoms with E-state index in [1.54, 1.807) is 0 Å². The Kier molecular flexibility index (Phi) is 6.17. The number of halogens is 4. The van der Waals surface area contributed by atoms with Crippen molar-refractivity contribution < 1.29 is 32.3 Å². The molecular formula is C20H18F4N2O3. The lowest BCUT2D eigenvalue weighted by molar-refractivity contribution is -0.140. The second kappa shape index (κ2) is 8.60. The van der Waals surface area contributed by atoms with Crippen LogP contribution in [0.3, 0.4) is 0 Å². The number of urea groups is 1. The van der Waals surface area contributed by atoms with Gasteiger partial charge < -0.3 is 5.11 Å². The zero-order chi connectivity index (χ0) is 21.1. The van der Waals surface area contributed by atoms with Crippen LogP contribution in [-0.4, -0.2) is 46.2 Å². The third-order valence-corrected chi connectivity index (χ3v) is 4.66. The molecule has 1 aliphatic rings. The van der Waals surface area contributed by atoms with Gasteiger partial charge in [0.15, 0.2) is 0 Å². The smallest absolute Gasteiger partial charge is 0.328 e. The first-order chi connectivity index (χ1) is 13.8. The van der Waals surface area contributed by atoms with Gasteiger partial charge in [0.05, 0.1) is 19.5 Å². The van der Waals surface area contributed by atoms with Crippen molar-refractivity contribution in [2.45, 2.75) is 25.0 Å². The maximum atomic E-state index is 14.5. The average Bonchev–Trinajstić information content (AvgIpc) is 2.69. The summed E-state index contributed by atoms with van der Waals surface area (Å²) in [5.41, 5.74) is 0.156. The minimum atomic E-state index is -1.78. The zero-order valence-electron chi connectivity index (χ0n) is 15.1. The lowest BCUT2D eigenvalue weighted by Gasteiger charge is -2.38. The number of rotatable bonds is 6. The van der Waals surface area contributed by atoms with E-state index >= 15 is 0 Å². The maximum Gasteiger partial charge on any atom is 0.328 e. The lowest BCUT2D eigenvalue weighted by Crippen LogP contribution is -2.58. The van der Waals surface area contributed by atoms with Crippen LogP contribution in [0.25, 0.3) is 0 Å². The molecular weight excluding hydrogens is 392 g/mol. The minimum absolute atomic E-state index is 0.0688. The Labute approximate surface area is 164 Å². The first-order valence-corrected chi connectivity index (χ1v) is 8.84. The van der Waals surface area contributed by atoms with Crippen molar-refractivity contribution in [3.8, 4) is 0 Å². The molecule has 0 aromatic heterocycles. The van der Waals surface area contributed by atoms with E-state index in [0.29, 0.717) is 4.90 Å². The van der Waals surface area contributed by atoms with Gasteiger partial charge in [0.1, 0.15) is 30.2 Å². The highest BCUT2D eigenvalue weighted by Crippen LogP contribution is 2.26. The van der Waals surface area contributed by atoms with Crippen LogP contribution in [0.5, 0.6) is 0 Å². The summed E-state index contributed by atoms with van der Waals surface area (Å²) in [6.07, 6.45) is -5.60. The molecule has 1 saturated heterocycles. The van der Waals surface area contributed by atoms with Gasteiger partial charge in [0, 0.05) is 0 Å². The Morgan fingerprint density at radius 1 is 0.862 bits per heavy atom. The SMILES string of the molecule is O=C1CC(O)N(C[C@@H](F)c2ccc(F)cc2)C(=O)N1C[C@@H](F)c1ccc(F)cc1. The second-order valence-corrected chi connectivity index (χ2v) is 6.66. The Morgan fingerprint density at radius 3 is 1.79 bits per heavy atom. The molecule has 0 radical (unpaired) electrons. The molecule has 9 heteroatoms. The average molecular weight is 410 g/mol.